The highest BCUT2D eigenvalue weighted by atomic mass is 16.6. The highest BCUT2D eigenvalue weighted by molar-refractivity contribution is 5.95. The van der Waals surface area contributed by atoms with Gasteiger partial charge in [0.25, 0.3) is 0 Å². The van der Waals surface area contributed by atoms with Crippen molar-refractivity contribution in [1.82, 2.24) is 4.98 Å². The van der Waals surface area contributed by atoms with Crippen molar-refractivity contribution in [2.75, 3.05) is 7.11 Å². The molecule has 0 bridgehead atoms. The number of carbonyl (C=O) groups is 1. The third kappa shape index (κ3) is 1.97. The van der Waals surface area contributed by atoms with Gasteiger partial charge in [0.2, 0.25) is 0 Å². The second-order valence-corrected chi connectivity index (χ2v) is 3.60. The molecular weight excluding hydrogens is 210 g/mol. The second-order valence-electron chi connectivity index (χ2n) is 3.60. The molecule has 3 atom stereocenters. The quantitative estimate of drug-likeness (QED) is 0.773. The average Bonchev–Trinajstić information content (AvgIpc) is 2.34. The number of hydrogen-bond donors (Lipinski definition) is 1. The molecule has 1 saturated carbocycles. The molecule has 1 N–H and O–H groups in total. The van der Waals surface area contributed by atoms with Gasteiger partial charge in [-0.25, -0.2) is 0 Å². The van der Waals surface area contributed by atoms with Crippen LogP contribution >= 0.6 is 0 Å². The molecule has 5 heteroatoms. The molecule has 0 aliphatic heterocycles. The summed E-state index contributed by atoms with van der Waals surface area (Å²) in [6.45, 7) is 0.240. The normalized spacial score (nSPS) is 28.9. The Morgan fingerprint density at radius 1 is 1.50 bits per heavy atom. The lowest BCUT2D eigenvalue weighted by Crippen LogP contribution is -2.62. The Labute approximate surface area is 93.0 Å². The zero-order valence-corrected chi connectivity index (χ0v) is 8.87. The molecule has 1 aromatic rings. The molecule has 1 aliphatic carbocycles. The highest BCUT2D eigenvalue weighted by Gasteiger charge is 2.50. The van der Waals surface area contributed by atoms with Crippen LogP contribution in [-0.4, -0.2) is 41.3 Å². The van der Waals surface area contributed by atoms with Crippen LogP contribution in [0, 0.1) is 0 Å². The Morgan fingerprint density at radius 2 is 2.31 bits per heavy atom. The number of Topliss-reactive ketones (excluding diaryl/α,β-unsaturated/α-hetero) is 1. The molecule has 5 nitrogen and oxygen atoms in total. The van der Waals surface area contributed by atoms with Crippen LogP contribution in [-0.2, 0) is 20.9 Å². The van der Waals surface area contributed by atoms with E-state index in [0.29, 0.717) is 0 Å². The van der Waals surface area contributed by atoms with E-state index in [-0.39, 0.29) is 12.4 Å². The van der Waals surface area contributed by atoms with Gasteiger partial charge in [-0.05, 0) is 12.1 Å². The number of pyridine rings is 1. The van der Waals surface area contributed by atoms with E-state index in [1.54, 1.807) is 18.3 Å². The minimum Gasteiger partial charge on any atom is -0.382 e. The van der Waals surface area contributed by atoms with Crippen molar-refractivity contribution in [1.29, 1.82) is 0 Å². The molecule has 0 amide bonds. The third-order valence-corrected chi connectivity index (χ3v) is 2.59. The lowest BCUT2D eigenvalue weighted by Gasteiger charge is -2.37. The van der Waals surface area contributed by atoms with Crippen molar-refractivity contribution in [2.45, 2.75) is 24.9 Å². The van der Waals surface area contributed by atoms with Crippen molar-refractivity contribution in [2.24, 2.45) is 0 Å². The van der Waals surface area contributed by atoms with Gasteiger partial charge in [0.15, 0.2) is 5.78 Å². The smallest absolute Gasteiger partial charge is 0.195 e. The van der Waals surface area contributed by atoms with E-state index in [1.807, 2.05) is 6.07 Å². The minimum atomic E-state index is -1.06. The van der Waals surface area contributed by atoms with Crippen LogP contribution in [0.4, 0.5) is 0 Å². The topological polar surface area (TPSA) is 68.7 Å². The van der Waals surface area contributed by atoms with Gasteiger partial charge in [0.1, 0.15) is 18.3 Å². The molecule has 2 rings (SSSR count). The van der Waals surface area contributed by atoms with Gasteiger partial charge >= 0.3 is 0 Å². The molecule has 0 aromatic carbocycles. The van der Waals surface area contributed by atoms with E-state index in [9.17, 15) is 9.90 Å². The Balaban J connectivity index is 1.89. The fourth-order valence-electron chi connectivity index (χ4n) is 1.63. The van der Waals surface area contributed by atoms with Gasteiger partial charge in [0, 0.05) is 13.3 Å². The number of rotatable bonds is 4. The first-order chi connectivity index (χ1) is 7.74. The van der Waals surface area contributed by atoms with Crippen LogP contribution in [0.15, 0.2) is 24.4 Å². The summed E-state index contributed by atoms with van der Waals surface area (Å²) >= 11 is 0. The predicted octanol–water partition coefficient (Wildman–Crippen LogP) is -0.0746. The number of carbonyl (C=O) groups excluding carboxylic acids is 1. The minimum absolute atomic E-state index is 0.240. The zero-order chi connectivity index (χ0) is 11.5. The summed E-state index contributed by atoms with van der Waals surface area (Å²) in [5, 5.41) is 9.27. The van der Waals surface area contributed by atoms with Crippen molar-refractivity contribution in [3.8, 4) is 0 Å². The summed E-state index contributed by atoms with van der Waals surface area (Å²) in [5.41, 5.74) is 0.742. The molecule has 3 unspecified atom stereocenters. The number of nitrogens with zero attached hydrogens (tertiary/aromatic N) is 1. The van der Waals surface area contributed by atoms with Crippen LogP contribution in [0.3, 0.4) is 0 Å². The van der Waals surface area contributed by atoms with Crippen molar-refractivity contribution in [3.63, 3.8) is 0 Å². The van der Waals surface area contributed by atoms with E-state index in [2.05, 4.69) is 4.98 Å². The SMILES string of the molecule is COC1C(O)C(=O)C1OCc1ccccn1. The van der Waals surface area contributed by atoms with Gasteiger partial charge in [0.05, 0.1) is 12.3 Å². The Hall–Kier alpha value is -1.30. The lowest BCUT2D eigenvalue weighted by atomic mass is 9.86. The van der Waals surface area contributed by atoms with E-state index < -0.39 is 18.3 Å². The van der Waals surface area contributed by atoms with Crippen LogP contribution in [0.1, 0.15) is 5.69 Å². The zero-order valence-electron chi connectivity index (χ0n) is 8.87. The monoisotopic (exact) mass is 223 g/mol. The lowest BCUT2D eigenvalue weighted by molar-refractivity contribution is -0.192. The fraction of sp³-hybridized carbons (Fsp3) is 0.455. The standard InChI is InChI=1S/C11H13NO4/c1-15-10-8(13)9(14)11(10)16-6-7-4-2-3-5-12-7/h2-5,8,10-11,13H,6H2,1H3. The summed E-state index contributed by atoms with van der Waals surface area (Å²) in [7, 11) is 1.44. The number of ketones is 1. The molecule has 86 valence electrons. The molecule has 0 spiro atoms. The van der Waals surface area contributed by atoms with E-state index in [0.717, 1.165) is 5.69 Å². The largest absolute Gasteiger partial charge is 0.382 e. The molecular formula is C11H13NO4. The number of aliphatic hydroxyl groups is 1. The highest BCUT2D eigenvalue weighted by Crippen LogP contribution is 2.23. The van der Waals surface area contributed by atoms with Crippen LogP contribution in [0.25, 0.3) is 0 Å². The van der Waals surface area contributed by atoms with E-state index in [1.165, 1.54) is 7.11 Å². The molecule has 1 fully saturated rings. The first kappa shape index (κ1) is 11.2. The summed E-state index contributed by atoms with van der Waals surface area (Å²) in [5.74, 6) is -0.331. The first-order valence-electron chi connectivity index (χ1n) is 5.00. The van der Waals surface area contributed by atoms with E-state index in [4.69, 9.17) is 9.47 Å². The summed E-state index contributed by atoms with van der Waals surface area (Å²) in [6, 6.07) is 5.46. The van der Waals surface area contributed by atoms with Crippen molar-refractivity contribution in [3.05, 3.63) is 30.1 Å². The maximum atomic E-state index is 11.3. The number of methoxy groups -OCH3 is 1. The van der Waals surface area contributed by atoms with Gasteiger partial charge in [-0.2, -0.15) is 0 Å². The fourth-order valence-corrected chi connectivity index (χ4v) is 1.63. The van der Waals surface area contributed by atoms with Gasteiger partial charge < -0.3 is 14.6 Å². The summed E-state index contributed by atoms with van der Waals surface area (Å²) in [6.07, 6.45) is -0.638. The average molecular weight is 223 g/mol. The maximum absolute atomic E-state index is 11.3. The Morgan fingerprint density at radius 3 is 2.94 bits per heavy atom. The molecule has 1 heterocycles. The van der Waals surface area contributed by atoms with Gasteiger partial charge in [-0.1, -0.05) is 6.07 Å². The number of hydrogen-bond acceptors (Lipinski definition) is 5. The Kier molecular flexibility index (Phi) is 3.28. The summed E-state index contributed by atoms with van der Waals surface area (Å²) < 4.78 is 10.3. The number of aliphatic hydroxyl groups excluding tert-OH is 1. The summed E-state index contributed by atoms with van der Waals surface area (Å²) in [4.78, 5) is 15.3. The van der Waals surface area contributed by atoms with Gasteiger partial charge in [-0.3, -0.25) is 9.78 Å². The van der Waals surface area contributed by atoms with Crippen molar-refractivity contribution >= 4 is 5.78 Å². The first-order valence-corrected chi connectivity index (χ1v) is 5.00. The number of ether oxygens (including phenoxy) is 2. The van der Waals surface area contributed by atoms with Gasteiger partial charge in [-0.15, -0.1) is 0 Å². The van der Waals surface area contributed by atoms with Crippen LogP contribution in [0.5, 0.6) is 0 Å². The molecule has 1 aromatic heterocycles. The Bertz CT molecular complexity index is 368. The van der Waals surface area contributed by atoms with E-state index >= 15 is 0 Å². The van der Waals surface area contributed by atoms with Crippen LogP contribution < -0.4 is 0 Å². The van der Waals surface area contributed by atoms with Crippen LogP contribution in [0.2, 0.25) is 0 Å². The number of aromatic nitrogens is 1. The van der Waals surface area contributed by atoms with Crippen molar-refractivity contribution < 1.29 is 19.4 Å². The predicted molar refractivity (Wildman–Crippen MR) is 54.6 cm³/mol. The second kappa shape index (κ2) is 4.69. The molecule has 0 saturated heterocycles. The molecule has 1 aliphatic rings. The maximum Gasteiger partial charge on any atom is 0.195 e. The molecule has 0 radical (unpaired) electrons. The third-order valence-electron chi connectivity index (χ3n) is 2.59. The molecule has 16 heavy (non-hydrogen) atoms.